The number of nitrogens with one attached hydrogen (secondary N) is 3. The predicted molar refractivity (Wildman–Crippen MR) is 109 cm³/mol. The van der Waals surface area contributed by atoms with Gasteiger partial charge >= 0.3 is 12.1 Å². The number of H-pyrrole nitrogens is 2. The van der Waals surface area contributed by atoms with Crippen molar-refractivity contribution in [1.82, 2.24) is 15.3 Å². The Balaban J connectivity index is 0.000000396. The number of carboxylic acids is 1. The zero-order chi connectivity index (χ0) is 22.5. The van der Waals surface area contributed by atoms with Gasteiger partial charge in [0.25, 0.3) is 0 Å². The van der Waals surface area contributed by atoms with Gasteiger partial charge in [0.05, 0.1) is 0 Å². The largest absolute Gasteiger partial charge is 0.490 e. The van der Waals surface area contributed by atoms with Crippen molar-refractivity contribution in [3.05, 3.63) is 69.3 Å². The first-order chi connectivity index (χ1) is 14.0. The first kappa shape index (κ1) is 23.2. The molecule has 0 saturated heterocycles. The van der Waals surface area contributed by atoms with Crippen molar-refractivity contribution < 1.29 is 23.1 Å². The topological polar surface area (TPSA) is 98.0 Å². The summed E-state index contributed by atoms with van der Waals surface area (Å²) in [6, 6.07) is 10.2. The van der Waals surface area contributed by atoms with E-state index in [1.54, 1.807) is 12.3 Å². The molecular formula is C21H24F3N3O3. The lowest BCUT2D eigenvalue weighted by Crippen LogP contribution is -2.22. The third kappa shape index (κ3) is 5.96. The van der Waals surface area contributed by atoms with Crippen LogP contribution in [0.3, 0.4) is 0 Å². The summed E-state index contributed by atoms with van der Waals surface area (Å²) in [6.45, 7) is 7.22. The highest BCUT2D eigenvalue weighted by atomic mass is 19.4. The summed E-state index contributed by atoms with van der Waals surface area (Å²) >= 11 is 0. The van der Waals surface area contributed by atoms with Crippen molar-refractivity contribution in [2.45, 2.75) is 39.4 Å². The minimum Gasteiger partial charge on any atom is -0.475 e. The molecule has 162 valence electrons. The number of carboxylic acid groups (broad SMARTS) is 1. The highest BCUT2D eigenvalue weighted by Gasteiger charge is 2.38. The lowest BCUT2D eigenvalue weighted by molar-refractivity contribution is -0.192. The second-order valence-electron chi connectivity index (χ2n) is 6.94. The first-order valence-electron chi connectivity index (χ1n) is 9.29. The molecule has 0 aliphatic heterocycles. The highest BCUT2D eigenvalue weighted by Crippen LogP contribution is 2.25. The molecule has 0 aliphatic carbocycles. The lowest BCUT2D eigenvalue weighted by atomic mass is 10.1. The van der Waals surface area contributed by atoms with Crippen LogP contribution in [0.15, 0.2) is 41.3 Å². The van der Waals surface area contributed by atoms with E-state index in [9.17, 15) is 18.0 Å². The molecule has 1 unspecified atom stereocenters. The number of aliphatic carboxylic acids is 1. The highest BCUT2D eigenvalue weighted by molar-refractivity contribution is 5.87. The van der Waals surface area contributed by atoms with E-state index >= 15 is 0 Å². The molecule has 1 aromatic carbocycles. The Morgan fingerprint density at radius 1 is 1.23 bits per heavy atom. The Kier molecular flexibility index (Phi) is 7.44. The van der Waals surface area contributed by atoms with E-state index in [1.165, 1.54) is 27.7 Å². The molecule has 30 heavy (non-hydrogen) atoms. The molecule has 0 amide bonds. The number of aromatic amines is 2. The molecule has 2 heterocycles. The number of benzene rings is 1. The average molecular weight is 423 g/mol. The molecule has 0 fully saturated rings. The number of halogens is 3. The van der Waals surface area contributed by atoms with Crippen LogP contribution in [0, 0.1) is 13.8 Å². The van der Waals surface area contributed by atoms with Gasteiger partial charge in [-0.1, -0.05) is 18.2 Å². The summed E-state index contributed by atoms with van der Waals surface area (Å²) in [5.41, 5.74) is 6.08. The molecular weight excluding hydrogens is 399 g/mol. The number of hydrogen-bond donors (Lipinski definition) is 4. The second kappa shape index (κ2) is 9.62. The predicted octanol–water partition coefficient (Wildman–Crippen LogP) is 4.00. The van der Waals surface area contributed by atoms with E-state index in [2.05, 4.69) is 54.3 Å². The number of pyridine rings is 1. The van der Waals surface area contributed by atoms with Crippen LogP contribution < -0.4 is 10.9 Å². The molecule has 4 N–H and O–H groups in total. The van der Waals surface area contributed by atoms with Crippen molar-refractivity contribution in [2.24, 2.45) is 0 Å². The van der Waals surface area contributed by atoms with Crippen LogP contribution >= 0.6 is 0 Å². The summed E-state index contributed by atoms with van der Waals surface area (Å²) in [6.07, 6.45) is -2.43. The first-order valence-corrected chi connectivity index (χ1v) is 9.29. The van der Waals surface area contributed by atoms with Gasteiger partial charge in [0.2, 0.25) is 5.56 Å². The Labute approximate surface area is 171 Å². The fourth-order valence-electron chi connectivity index (χ4n) is 3.13. The third-order valence-electron chi connectivity index (χ3n) is 4.73. The molecule has 0 radical (unpaired) electrons. The molecule has 3 aromatic rings. The van der Waals surface area contributed by atoms with Gasteiger partial charge in [-0.15, -0.1) is 0 Å². The van der Waals surface area contributed by atoms with E-state index in [-0.39, 0.29) is 11.6 Å². The Hall–Kier alpha value is -3.07. The van der Waals surface area contributed by atoms with Gasteiger partial charge < -0.3 is 20.4 Å². The Bertz CT molecular complexity index is 1070. The van der Waals surface area contributed by atoms with E-state index in [1.807, 2.05) is 6.07 Å². The number of carbonyl (C=O) groups is 1. The average Bonchev–Trinajstić information content (AvgIpc) is 2.98. The van der Waals surface area contributed by atoms with E-state index in [4.69, 9.17) is 9.90 Å². The smallest absolute Gasteiger partial charge is 0.475 e. The fourth-order valence-corrected chi connectivity index (χ4v) is 3.13. The van der Waals surface area contributed by atoms with Crippen LogP contribution in [0.4, 0.5) is 13.2 Å². The number of aryl methyl sites for hydroxylation is 2. The summed E-state index contributed by atoms with van der Waals surface area (Å²) in [7, 11) is 0. The molecule has 0 saturated carbocycles. The van der Waals surface area contributed by atoms with E-state index < -0.39 is 12.1 Å². The van der Waals surface area contributed by atoms with Gasteiger partial charge in [-0.3, -0.25) is 4.79 Å². The van der Waals surface area contributed by atoms with Crippen LogP contribution in [-0.4, -0.2) is 33.8 Å². The second-order valence-corrected chi connectivity index (χ2v) is 6.94. The third-order valence-corrected chi connectivity index (χ3v) is 4.73. The molecule has 0 spiro atoms. The maximum atomic E-state index is 11.4. The zero-order valence-corrected chi connectivity index (χ0v) is 16.9. The Morgan fingerprint density at radius 3 is 2.50 bits per heavy atom. The van der Waals surface area contributed by atoms with Crippen molar-refractivity contribution >= 4 is 16.9 Å². The molecule has 6 nitrogen and oxygen atoms in total. The molecule has 3 rings (SSSR count). The van der Waals surface area contributed by atoms with Crippen LogP contribution in [0.1, 0.15) is 35.3 Å². The zero-order valence-electron chi connectivity index (χ0n) is 16.9. The number of hydrogen-bond acceptors (Lipinski definition) is 3. The van der Waals surface area contributed by atoms with Gasteiger partial charge in [-0.2, -0.15) is 13.2 Å². The van der Waals surface area contributed by atoms with Crippen LogP contribution in [0.25, 0.3) is 10.9 Å². The maximum absolute atomic E-state index is 11.4. The van der Waals surface area contributed by atoms with Crippen LogP contribution in [-0.2, 0) is 11.2 Å². The van der Waals surface area contributed by atoms with Crippen molar-refractivity contribution in [2.75, 3.05) is 6.54 Å². The number of aromatic nitrogens is 2. The summed E-state index contributed by atoms with van der Waals surface area (Å²) in [4.78, 5) is 26.4. The fraction of sp³-hybridized carbons (Fsp3) is 0.333. The molecule has 0 bridgehead atoms. The maximum Gasteiger partial charge on any atom is 0.490 e. The minimum absolute atomic E-state index is 0.0564. The number of fused-ring (bicyclic) bond motifs is 1. The number of para-hydroxylation sites is 1. The van der Waals surface area contributed by atoms with Gasteiger partial charge in [-0.25, -0.2) is 4.79 Å². The van der Waals surface area contributed by atoms with Crippen molar-refractivity contribution in [3.63, 3.8) is 0 Å². The SMILES string of the molecule is Cc1[nH]c2c(C)cccc2c1CCNC(C)c1cc[nH]c(=O)c1.O=C(O)C(F)(F)F. The molecule has 1 atom stereocenters. The quantitative estimate of drug-likeness (QED) is 0.499. The van der Waals surface area contributed by atoms with E-state index in [0.29, 0.717) is 0 Å². The van der Waals surface area contributed by atoms with Crippen molar-refractivity contribution in [1.29, 1.82) is 0 Å². The van der Waals surface area contributed by atoms with E-state index in [0.717, 1.165) is 18.5 Å². The monoisotopic (exact) mass is 423 g/mol. The lowest BCUT2D eigenvalue weighted by Gasteiger charge is -2.14. The number of alkyl halides is 3. The normalized spacial score (nSPS) is 12.3. The van der Waals surface area contributed by atoms with Crippen LogP contribution in [0.2, 0.25) is 0 Å². The Morgan fingerprint density at radius 2 is 1.90 bits per heavy atom. The summed E-state index contributed by atoms with van der Waals surface area (Å²) in [5.74, 6) is -2.76. The molecule has 2 aromatic heterocycles. The molecule has 9 heteroatoms. The van der Waals surface area contributed by atoms with Gasteiger partial charge in [0.1, 0.15) is 0 Å². The summed E-state index contributed by atoms with van der Waals surface area (Å²) < 4.78 is 31.7. The molecule has 0 aliphatic rings. The minimum atomic E-state index is -5.08. The van der Waals surface area contributed by atoms with Gasteiger partial charge in [0, 0.05) is 34.9 Å². The summed E-state index contributed by atoms with van der Waals surface area (Å²) in [5, 5.41) is 11.9. The van der Waals surface area contributed by atoms with Gasteiger partial charge in [-0.05, 0) is 56.5 Å². The van der Waals surface area contributed by atoms with Crippen LogP contribution in [0.5, 0.6) is 0 Å². The standard InChI is InChI=1S/C19H23N3O.C2HF3O2/c1-12-5-4-6-17-16(14(3)22-19(12)17)8-10-20-13(2)15-7-9-21-18(23)11-15;3-2(4,5)1(6)7/h4-7,9,11,13,20,22H,8,10H2,1-3H3,(H,21,23);(H,6,7). The van der Waals surface area contributed by atoms with Crippen molar-refractivity contribution in [3.8, 4) is 0 Å². The number of rotatable bonds is 5. The van der Waals surface area contributed by atoms with Gasteiger partial charge in [0.15, 0.2) is 0 Å².